The van der Waals surface area contributed by atoms with E-state index in [4.69, 9.17) is 6.42 Å². The molecule has 0 saturated carbocycles. The molecule has 2 rings (SSSR count). The molecule has 0 fully saturated rings. The lowest BCUT2D eigenvalue weighted by Crippen LogP contribution is -2.06. The number of fused-ring (bicyclic) bond motifs is 1. The van der Waals surface area contributed by atoms with Crippen molar-refractivity contribution in [2.24, 2.45) is 0 Å². The Morgan fingerprint density at radius 2 is 2.20 bits per heavy atom. The molecule has 2 aromatic rings. The van der Waals surface area contributed by atoms with E-state index in [9.17, 15) is 9.18 Å². The highest BCUT2D eigenvalue weighted by atomic mass is 19.1. The summed E-state index contributed by atoms with van der Waals surface area (Å²) in [6.45, 7) is 1.70. The zero-order chi connectivity index (χ0) is 11.0. The molecule has 0 aliphatic carbocycles. The average molecular weight is 201 g/mol. The summed E-state index contributed by atoms with van der Waals surface area (Å²) < 4.78 is 13.4. The molecule has 1 heterocycles. The number of halogens is 1. The smallest absolute Gasteiger partial charge is 0.248 e. The van der Waals surface area contributed by atoms with Crippen LogP contribution < -0.4 is 5.56 Å². The zero-order valence-electron chi connectivity index (χ0n) is 8.10. The maximum absolute atomic E-state index is 13.4. The molecule has 74 valence electrons. The van der Waals surface area contributed by atoms with Crippen LogP contribution in [-0.4, -0.2) is 4.98 Å². The number of H-pyrrole nitrogens is 1. The predicted molar refractivity (Wildman–Crippen MR) is 57.2 cm³/mol. The van der Waals surface area contributed by atoms with Gasteiger partial charge in [-0.3, -0.25) is 4.79 Å². The number of aromatic nitrogens is 1. The predicted octanol–water partition coefficient (Wildman–Crippen LogP) is 1.96. The van der Waals surface area contributed by atoms with E-state index in [0.717, 1.165) is 0 Å². The normalized spacial score (nSPS) is 10.2. The Morgan fingerprint density at radius 3 is 2.87 bits per heavy atom. The Morgan fingerprint density at radius 1 is 1.47 bits per heavy atom. The number of aryl methyl sites for hydroxylation is 1. The van der Waals surface area contributed by atoms with Crippen LogP contribution in [0.25, 0.3) is 10.8 Å². The van der Waals surface area contributed by atoms with E-state index in [-0.39, 0.29) is 11.1 Å². The van der Waals surface area contributed by atoms with Gasteiger partial charge in [0.15, 0.2) is 0 Å². The molecule has 0 bridgehead atoms. The molecular weight excluding hydrogens is 193 g/mol. The Labute approximate surface area is 85.8 Å². The van der Waals surface area contributed by atoms with E-state index in [1.165, 1.54) is 12.1 Å². The maximum Gasteiger partial charge on any atom is 0.248 e. The molecule has 0 unspecified atom stereocenters. The highest BCUT2D eigenvalue weighted by Gasteiger charge is 2.08. The van der Waals surface area contributed by atoms with Gasteiger partial charge in [-0.2, -0.15) is 0 Å². The van der Waals surface area contributed by atoms with Gasteiger partial charge in [-0.1, -0.05) is 12.0 Å². The molecule has 0 saturated heterocycles. The lowest BCUT2D eigenvalue weighted by molar-refractivity contribution is 0.626. The Kier molecular flexibility index (Phi) is 2.05. The van der Waals surface area contributed by atoms with E-state index in [1.54, 1.807) is 13.0 Å². The van der Waals surface area contributed by atoms with Crippen molar-refractivity contribution in [2.75, 3.05) is 0 Å². The topological polar surface area (TPSA) is 32.9 Å². The Hall–Kier alpha value is -2.08. The standard InChI is InChI=1S/C12H8FNO/c1-3-9-10(13)5-4-8-6-11(15)14-7(2)12(8)9/h1,4-6H,2H3,(H,14,15). The minimum atomic E-state index is -0.444. The van der Waals surface area contributed by atoms with Crippen molar-refractivity contribution in [1.82, 2.24) is 4.98 Å². The fourth-order valence-electron chi connectivity index (χ4n) is 1.68. The largest absolute Gasteiger partial charge is 0.326 e. The minimum absolute atomic E-state index is 0.196. The van der Waals surface area contributed by atoms with Crippen molar-refractivity contribution in [3.63, 3.8) is 0 Å². The number of hydrogen-bond donors (Lipinski definition) is 1. The summed E-state index contributed by atoms with van der Waals surface area (Å²) in [5.74, 6) is 1.86. The SMILES string of the molecule is C#Cc1c(F)ccc2cc(=O)[nH]c(C)c12. The zero-order valence-corrected chi connectivity index (χ0v) is 8.10. The van der Waals surface area contributed by atoms with Crippen molar-refractivity contribution in [2.45, 2.75) is 6.92 Å². The van der Waals surface area contributed by atoms with Crippen LogP contribution in [0.4, 0.5) is 4.39 Å². The summed E-state index contributed by atoms with van der Waals surface area (Å²) in [6, 6.07) is 4.23. The van der Waals surface area contributed by atoms with Gasteiger partial charge in [0.1, 0.15) is 5.82 Å². The Balaban J connectivity index is 3.06. The molecule has 3 heteroatoms. The van der Waals surface area contributed by atoms with Crippen molar-refractivity contribution < 1.29 is 4.39 Å². The lowest BCUT2D eigenvalue weighted by atomic mass is 10.0. The first-order chi connectivity index (χ1) is 7.13. The van der Waals surface area contributed by atoms with Crippen LogP contribution >= 0.6 is 0 Å². The van der Waals surface area contributed by atoms with Gasteiger partial charge in [0, 0.05) is 17.1 Å². The highest BCUT2D eigenvalue weighted by molar-refractivity contribution is 5.89. The van der Waals surface area contributed by atoms with Gasteiger partial charge in [0.2, 0.25) is 5.56 Å². The first-order valence-electron chi connectivity index (χ1n) is 4.42. The van der Waals surface area contributed by atoms with Crippen LogP contribution in [0.2, 0.25) is 0 Å². The summed E-state index contributed by atoms with van der Waals surface area (Å²) in [5, 5.41) is 1.25. The number of pyridine rings is 1. The molecule has 0 atom stereocenters. The molecule has 15 heavy (non-hydrogen) atoms. The summed E-state index contributed by atoms with van der Waals surface area (Å²) in [4.78, 5) is 13.8. The second kappa shape index (κ2) is 3.25. The summed E-state index contributed by atoms with van der Waals surface area (Å²) >= 11 is 0. The quantitative estimate of drug-likeness (QED) is 0.649. The van der Waals surface area contributed by atoms with Gasteiger partial charge in [-0.15, -0.1) is 6.42 Å². The van der Waals surface area contributed by atoms with Crippen LogP contribution in [0.3, 0.4) is 0 Å². The number of terminal acetylenes is 1. The van der Waals surface area contributed by atoms with Gasteiger partial charge in [-0.05, 0) is 18.4 Å². The number of aromatic amines is 1. The molecule has 1 aromatic carbocycles. The molecule has 0 radical (unpaired) electrons. The number of hydrogen-bond acceptors (Lipinski definition) is 1. The van der Waals surface area contributed by atoms with E-state index in [1.807, 2.05) is 0 Å². The average Bonchev–Trinajstić information content (AvgIpc) is 2.18. The molecule has 0 amide bonds. The number of rotatable bonds is 0. The second-order valence-corrected chi connectivity index (χ2v) is 3.29. The van der Waals surface area contributed by atoms with Gasteiger partial charge in [-0.25, -0.2) is 4.39 Å². The van der Waals surface area contributed by atoms with E-state index >= 15 is 0 Å². The van der Waals surface area contributed by atoms with Crippen molar-refractivity contribution in [3.8, 4) is 12.3 Å². The fourth-order valence-corrected chi connectivity index (χ4v) is 1.68. The van der Waals surface area contributed by atoms with E-state index < -0.39 is 5.82 Å². The molecule has 1 N–H and O–H groups in total. The van der Waals surface area contributed by atoms with Crippen LogP contribution in [0.1, 0.15) is 11.3 Å². The van der Waals surface area contributed by atoms with Gasteiger partial charge in [0.25, 0.3) is 0 Å². The maximum atomic E-state index is 13.4. The van der Waals surface area contributed by atoms with Crippen LogP contribution in [0.15, 0.2) is 23.0 Å². The summed E-state index contributed by atoms with van der Waals surface area (Å²) in [6.07, 6.45) is 5.24. The third-order valence-corrected chi connectivity index (χ3v) is 2.30. The first-order valence-corrected chi connectivity index (χ1v) is 4.42. The van der Waals surface area contributed by atoms with Crippen LogP contribution in [-0.2, 0) is 0 Å². The van der Waals surface area contributed by atoms with Gasteiger partial charge in [0.05, 0.1) is 5.56 Å². The third-order valence-electron chi connectivity index (χ3n) is 2.30. The number of nitrogens with one attached hydrogen (secondary N) is 1. The van der Waals surface area contributed by atoms with Gasteiger partial charge < -0.3 is 4.98 Å². The third kappa shape index (κ3) is 1.40. The summed E-state index contributed by atoms with van der Waals surface area (Å²) in [5.41, 5.74) is 0.570. The minimum Gasteiger partial charge on any atom is -0.326 e. The molecule has 0 spiro atoms. The number of benzene rings is 1. The molecule has 0 aliphatic rings. The van der Waals surface area contributed by atoms with Crippen LogP contribution in [0.5, 0.6) is 0 Å². The monoisotopic (exact) mass is 201 g/mol. The first kappa shape index (κ1) is 9.47. The lowest BCUT2D eigenvalue weighted by Gasteiger charge is -2.04. The highest BCUT2D eigenvalue weighted by Crippen LogP contribution is 2.21. The molecule has 2 nitrogen and oxygen atoms in total. The molecular formula is C12H8FNO. The second-order valence-electron chi connectivity index (χ2n) is 3.29. The summed E-state index contributed by atoms with van der Waals surface area (Å²) in [7, 11) is 0. The molecule has 0 aliphatic heterocycles. The van der Waals surface area contributed by atoms with Crippen LogP contribution in [0, 0.1) is 25.1 Å². The fraction of sp³-hybridized carbons (Fsp3) is 0.0833. The van der Waals surface area contributed by atoms with Crippen molar-refractivity contribution >= 4 is 10.8 Å². The van der Waals surface area contributed by atoms with E-state index in [2.05, 4.69) is 10.9 Å². The Bertz CT molecular complexity index is 634. The molecule has 1 aromatic heterocycles. The van der Waals surface area contributed by atoms with Gasteiger partial charge >= 0.3 is 0 Å². The van der Waals surface area contributed by atoms with E-state index in [0.29, 0.717) is 16.5 Å². The van der Waals surface area contributed by atoms with Crippen molar-refractivity contribution in [1.29, 1.82) is 0 Å². The van der Waals surface area contributed by atoms with Crippen molar-refractivity contribution in [3.05, 3.63) is 45.6 Å².